The number of nitrogens with zero attached hydrogens (tertiary/aromatic N) is 1. The maximum Gasteiger partial charge on any atom is 0.323 e. The third kappa shape index (κ3) is 3.95. The number of carbonyl (C=O) groups is 2. The van der Waals surface area contributed by atoms with Crippen LogP contribution in [0.2, 0.25) is 0 Å². The van der Waals surface area contributed by atoms with Crippen LogP contribution in [0.15, 0.2) is 0 Å². The summed E-state index contributed by atoms with van der Waals surface area (Å²) >= 11 is 0. The molecule has 0 spiro atoms. The molecule has 1 aliphatic heterocycles. The van der Waals surface area contributed by atoms with Gasteiger partial charge in [-0.3, -0.25) is 9.59 Å². The van der Waals surface area contributed by atoms with Crippen molar-refractivity contribution in [1.82, 2.24) is 9.62 Å². The van der Waals surface area contributed by atoms with Crippen molar-refractivity contribution in [3.63, 3.8) is 0 Å². The molecule has 1 atom stereocenters. The van der Waals surface area contributed by atoms with E-state index in [1.165, 1.54) is 0 Å². The third-order valence-corrected chi connectivity index (χ3v) is 4.65. The second kappa shape index (κ2) is 6.14. The molecular weight excluding hydrogens is 260 g/mol. The zero-order valence-corrected chi connectivity index (χ0v) is 11.1. The molecule has 1 rings (SSSR count). The molecule has 18 heavy (non-hydrogen) atoms. The average molecular weight is 278 g/mol. The van der Waals surface area contributed by atoms with E-state index in [0.29, 0.717) is 0 Å². The van der Waals surface area contributed by atoms with E-state index >= 15 is 0 Å². The molecular formula is C10H18N2O5S. The summed E-state index contributed by atoms with van der Waals surface area (Å²) in [5.74, 6) is -1.51. The van der Waals surface area contributed by atoms with Gasteiger partial charge in [0.2, 0.25) is 15.9 Å². The molecule has 1 aliphatic rings. The van der Waals surface area contributed by atoms with Gasteiger partial charge in [0.1, 0.15) is 0 Å². The minimum absolute atomic E-state index is 0.0602. The van der Waals surface area contributed by atoms with Crippen LogP contribution in [0.3, 0.4) is 0 Å². The van der Waals surface area contributed by atoms with Gasteiger partial charge < -0.3 is 10.0 Å². The molecule has 0 aromatic rings. The molecule has 1 unspecified atom stereocenters. The van der Waals surface area contributed by atoms with Crippen molar-refractivity contribution in [3.05, 3.63) is 0 Å². The van der Waals surface area contributed by atoms with Crippen molar-refractivity contribution < 1.29 is 23.1 Å². The Bertz CT molecular complexity index is 414. The lowest BCUT2D eigenvalue weighted by Crippen LogP contribution is -2.39. The van der Waals surface area contributed by atoms with Gasteiger partial charge in [-0.25, -0.2) is 13.1 Å². The molecule has 7 nitrogen and oxygen atoms in total. The fourth-order valence-corrected chi connectivity index (χ4v) is 2.58. The molecule has 0 radical (unpaired) electrons. The highest BCUT2D eigenvalue weighted by Gasteiger charge is 2.27. The standard InChI is InChI=1S/C10H18N2O5S/c1-8(10(14)15)18(16,17)11-5-4-9(13)12-6-2-3-7-12/h8,11H,2-7H2,1H3,(H,14,15). The first-order chi connectivity index (χ1) is 8.34. The maximum absolute atomic E-state index is 11.6. The van der Waals surface area contributed by atoms with Crippen molar-refractivity contribution in [1.29, 1.82) is 0 Å². The van der Waals surface area contributed by atoms with Crippen molar-refractivity contribution in [2.75, 3.05) is 19.6 Å². The van der Waals surface area contributed by atoms with Crippen LogP contribution in [0.5, 0.6) is 0 Å². The van der Waals surface area contributed by atoms with Crippen molar-refractivity contribution in [3.8, 4) is 0 Å². The van der Waals surface area contributed by atoms with Gasteiger partial charge in [0.05, 0.1) is 0 Å². The van der Waals surface area contributed by atoms with Crippen LogP contribution in [0.25, 0.3) is 0 Å². The Morgan fingerprint density at radius 3 is 2.39 bits per heavy atom. The number of amides is 1. The predicted molar refractivity (Wildman–Crippen MR) is 64.5 cm³/mol. The van der Waals surface area contributed by atoms with Gasteiger partial charge in [-0.2, -0.15) is 0 Å². The van der Waals surface area contributed by atoms with Gasteiger partial charge >= 0.3 is 5.97 Å². The number of nitrogens with one attached hydrogen (secondary N) is 1. The second-order valence-electron chi connectivity index (χ2n) is 4.26. The molecule has 0 aliphatic carbocycles. The van der Waals surface area contributed by atoms with Crippen molar-refractivity contribution in [2.45, 2.75) is 31.4 Å². The number of hydrogen-bond acceptors (Lipinski definition) is 4. The first kappa shape index (κ1) is 14.9. The van der Waals surface area contributed by atoms with Crippen LogP contribution in [0.1, 0.15) is 26.2 Å². The van der Waals surface area contributed by atoms with Gasteiger partial charge in [-0.15, -0.1) is 0 Å². The molecule has 1 amide bonds. The van der Waals surface area contributed by atoms with Gasteiger partial charge in [0.25, 0.3) is 0 Å². The zero-order valence-electron chi connectivity index (χ0n) is 10.3. The van der Waals surface area contributed by atoms with E-state index in [4.69, 9.17) is 5.11 Å². The van der Waals surface area contributed by atoms with Crippen LogP contribution in [-0.2, 0) is 19.6 Å². The number of aliphatic carboxylic acids is 1. The lowest BCUT2D eigenvalue weighted by atomic mass is 10.4. The van der Waals surface area contributed by atoms with Crippen molar-refractivity contribution >= 4 is 21.9 Å². The number of carboxylic acids is 1. The average Bonchev–Trinajstić information content (AvgIpc) is 2.80. The topological polar surface area (TPSA) is 104 Å². The molecule has 0 saturated carbocycles. The Hall–Kier alpha value is -1.15. The van der Waals surface area contributed by atoms with Gasteiger partial charge in [-0.05, 0) is 19.8 Å². The smallest absolute Gasteiger partial charge is 0.323 e. The SMILES string of the molecule is CC(C(=O)O)S(=O)(=O)NCCC(=O)N1CCCC1. The second-order valence-corrected chi connectivity index (χ2v) is 6.34. The minimum Gasteiger partial charge on any atom is -0.480 e. The summed E-state index contributed by atoms with van der Waals surface area (Å²) in [5.41, 5.74) is 0. The number of rotatable bonds is 6. The fraction of sp³-hybridized carbons (Fsp3) is 0.800. The summed E-state index contributed by atoms with van der Waals surface area (Å²) in [5, 5.41) is 7.09. The number of likely N-dealkylation sites (tertiary alicyclic amines) is 1. The quantitative estimate of drug-likeness (QED) is 0.674. The Labute approximate surface area is 106 Å². The Morgan fingerprint density at radius 2 is 1.89 bits per heavy atom. The van der Waals surface area contributed by atoms with Crippen LogP contribution in [-0.4, -0.2) is 55.2 Å². The maximum atomic E-state index is 11.6. The molecule has 2 N–H and O–H groups in total. The highest BCUT2D eigenvalue weighted by Crippen LogP contribution is 2.08. The number of hydrogen-bond donors (Lipinski definition) is 2. The Balaban J connectivity index is 2.37. The molecule has 1 fully saturated rings. The van der Waals surface area contributed by atoms with E-state index in [1.807, 2.05) is 0 Å². The van der Waals surface area contributed by atoms with Crippen LogP contribution in [0, 0.1) is 0 Å². The normalized spacial score (nSPS) is 17.7. The van der Waals surface area contributed by atoms with Crippen LogP contribution >= 0.6 is 0 Å². The molecule has 0 bridgehead atoms. The molecule has 0 aromatic heterocycles. The number of sulfonamides is 1. The van der Waals surface area contributed by atoms with E-state index in [2.05, 4.69) is 4.72 Å². The summed E-state index contributed by atoms with van der Waals surface area (Å²) in [6, 6.07) is 0. The van der Waals surface area contributed by atoms with Crippen LogP contribution < -0.4 is 4.72 Å². The lowest BCUT2D eigenvalue weighted by Gasteiger charge is -2.15. The Morgan fingerprint density at radius 1 is 1.33 bits per heavy atom. The first-order valence-electron chi connectivity index (χ1n) is 5.83. The van der Waals surface area contributed by atoms with Crippen LogP contribution in [0.4, 0.5) is 0 Å². The summed E-state index contributed by atoms with van der Waals surface area (Å²) in [7, 11) is -3.90. The van der Waals surface area contributed by atoms with Gasteiger partial charge in [0.15, 0.2) is 5.25 Å². The van der Waals surface area contributed by atoms with Gasteiger partial charge in [-0.1, -0.05) is 0 Å². The fourth-order valence-electron chi connectivity index (χ4n) is 1.68. The monoisotopic (exact) mass is 278 g/mol. The highest BCUT2D eigenvalue weighted by molar-refractivity contribution is 7.90. The zero-order chi connectivity index (χ0) is 13.8. The van der Waals surface area contributed by atoms with Crippen molar-refractivity contribution in [2.24, 2.45) is 0 Å². The largest absolute Gasteiger partial charge is 0.480 e. The number of carboxylic acid groups (broad SMARTS) is 1. The molecule has 104 valence electrons. The minimum atomic E-state index is -3.90. The highest BCUT2D eigenvalue weighted by atomic mass is 32.2. The molecule has 0 aromatic carbocycles. The molecule has 1 heterocycles. The summed E-state index contributed by atoms with van der Waals surface area (Å²) in [6.45, 7) is 2.47. The van der Waals surface area contributed by atoms with E-state index in [1.54, 1.807) is 4.90 Å². The molecule has 1 saturated heterocycles. The third-order valence-electron chi connectivity index (χ3n) is 2.91. The molecule has 8 heteroatoms. The van der Waals surface area contributed by atoms with E-state index in [9.17, 15) is 18.0 Å². The lowest BCUT2D eigenvalue weighted by molar-refractivity contribution is -0.136. The van der Waals surface area contributed by atoms with Gasteiger partial charge in [0, 0.05) is 26.1 Å². The Kier molecular flexibility index (Phi) is 5.09. The first-order valence-corrected chi connectivity index (χ1v) is 7.38. The van der Waals surface area contributed by atoms with E-state index in [-0.39, 0.29) is 18.9 Å². The predicted octanol–water partition coefficient (Wildman–Crippen LogP) is -0.609. The van der Waals surface area contributed by atoms with E-state index < -0.39 is 21.2 Å². The van der Waals surface area contributed by atoms with E-state index in [0.717, 1.165) is 32.9 Å². The summed E-state index contributed by atoms with van der Waals surface area (Å²) < 4.78 is 25.1. The number of carbonyl (C=O) groups excluding carboxylic acids is 1. The summed E-state index contributed by atoms with van der Waals surface area (Å²) in [4.78, 5) is 23.9. The summed E-state index contributed by atoms with van der Waals surface area (Å²) in [6.07, 6.45) is 2.02.